The molecule has 166 valence electrons. The van der Waals surface area contributed by atoms with Gasteiger partial charge in [0.05, 0.1) is 14.2 Å². The fraction of sp³-hybridized carbons (Fsp3) is 0.240. The summed E-state index contributed by atoms with van der Waals surface area (Å²) in [6, 6.07) is 10.3. The second kappa shape index (κ2) is 9.96. The number of Topliss-reactive ketones (excluding diaryl/α,β-unsaturated/α-hetero) is 1. The molecule has 3 rings (SSSR count). The summed E-state index contributed by atoms with van der Waals surface area (Å²) in [4.78, 5) is 35.3. The largest absolute Gasteiger partial charge is 0.493 e. The van der Waals surface area contributed by atoms with Crippen LogP contribution in [0.3, 0.4) is 0 Å². The minimum atomic E-state index is -0.437. The van der Waals surface area contributed by atoms with Crippen molar-refractivity contribution in [2.24, 2.45) is 0 Å². The molecule has 7 nitrogen and oxygen atoms in total. The first-order valence-electron chi connectivity index (χ1n) is 9.99. The topological polar surface area (TPSA) is 88.1 Å². The number of hydrogen-bond donors (Lipinski definition) is 0. The van der Waals surface area contributed by atoms with E-state index in [-0.39, 0.29) is 5.78 Å². The van der Waals surface area contributed by atoms with Crippen LogP contribution in [0.2, 0.25) is 0 Å². The highest BCUT2D eigenvalue weighted by Gasteiger charge is 2.23. The molecule has 1 aliphatic carbocycles. The minimum Gasteiger partial charge on any atom is -0.493 e. The molecule has 7 heteroatoms. The molecule has 0 bridgehead atoms. The number of carbonyl (C=O) groups is 3. The Kier molecular flexibility index (Phi) is 7.10. The van der Waals surface area contributed by atoms with E-state index in [0.29, 0.717) is 47.0 Å². The van der Waals surface area contributed by atoms with Gasteiger partial charge in [-0.25, -0.2) is 0 Å². The molecule has 1 aliphatic rings. The first-order valence-corrected chi connectivity index (χ1v) is 9.99. The number of ketones is 1. The monoisotopic (exact) mass is 436 g/mol. The second-order valence-corrected chi connectivity index (χ2v) is 7.18. The number of ether oxygens (including phenoxy) is 4. The standard InChI is InChI=1S/C25H24O7/c1-15(26)31-21-9-5-17(13-23(21)29-3)11-19-7-8-20(25(19)28)12-18-6-10-22(32-16(2)27)24(14-18)30-4/h5-6,9-14H,7-8H2,1-4H3. The average molecular weight is 436 g/mol. The maximum absolute atomic E-state index is 12.9. The zero-order valence-electron chi connectivity index (χ0n) is 18.4. The van der Waals surface area contributed by atoms with Crippen molar-refractivity contribution < 1.29 is 33.3 Å². The number of rotatable bonds is 6. The van der Waals surface area contributed by atoms with Crippen LogP contribution < -0.4 is 18.9 Å². The van der Waals surface area contributed by atoms with Crippen LogP contribution in [0.25, 0.3) is 12.2 Å². The predicted molar refractivity (Wildman–Crippen MR) is 119 cm³/mol. The van der Waals surface area contributed by atoms with Gasteiger partial charge in [0.2, 0.25) is 0 Å². The fourth-order valence-electron chi connectivity index (χ4n) is 3.41. The quantitative estimate of drug-likeness (QED) is 0.377. The van der Waals surface area contributed by atoms with Crippen molar-refractivity contribution in [2.75, 3.05) is 14.2 Å². The van der Waals surface area contributed by atoms with E-state index < -0.39 is 11.9 Å². The first kappa shape index (κ1) is 22.8. The molecule has 0 heterocycles. The Morgan fingerprint density at radius 1 is 0.719 bits per heavy atom. The first-order chi connectivity index (χ1) is 15.3. The highest BCUT2D eigenvalue weighted by Crippen LogP contribution is 2.34. The molecule has 0 amide bonds. The molecule has 0 atom stereocenters. The van der Waals surface area contributed by atoms with Gasteiger partial charge >= 0.3 is 11.9 Å². The van der Waals surface area contributed by atoms with E-state index in [1.807, 2.05) is 12.2 Å². The Hall–Kier alpha value is -3.87. The predicted octanol–water partition coefficient (Wildman–Crippen LogP) is 4.38. The van der Waals surface area contributed by atoms with E-state index in [1.165, 1.54) is 28.1 Å². The minimum absolute atomic E-state index is 0.0314. The van der Waals surface area contributed by atoms with Gasteiger partial charge in [0.15, 0.2) is 28.8 Å². The zero-order valence-corrected chi connectivity index (χ0v) is 18.4. The lowest BCUT2D eigenvalue weighted by molar-refractivity contribution is -0.132. The van der Waals surface area contributed by atoms with E-state index in [1.54, 1.807) is 36.4 Å². The molecular weight excluding hydrogens is 412 g/mol. The molecule has 0 aliphatic heterocycles. The van der Waals surface area contributed by atoms with Gasteiger partial charge < -0.3 is 18.9 Å². The Morgan fingerprint density at radius 3 is 1.47 bits per heavy atom. The maximum atomic E-state index is 12.9. The van der Waals surface area contributed by atoms with Crippen molar-refractivity contribution in [3.63, 3.8) is 0 Å². The highest BCUT2D eigenvalue weighted by molar-refractivity contribution is 6.15. The summed E-state index contributed by atoms with van der Waals surface area (Å²) in [6.07, 6.45) is 4.85. The number of allylic oxidation sites excluding steroid dienone is 2. The number of hydrogen-bond acceptors (Lipinski definition) is 7. The molecule has 0 saturated heterocycles. The van der Waals surface area contributed by atoms with Crippen molar-refractivity contribution in [3.05, 3.63) is 58.7 Å². The van der Waals surface area contributed by atoms with Gasteiger partial charge in [-0.05, 0) is 60.4 Å². The van der Waals surface area contributed by atoms with E-state index in [0.717, 1.165) is 11.1 Å². The van der Waals surface area contributed by atoms with Gasteiger partial charge in [-0.3, -0.25) is 14.4 Å². The van der Waals surface area contributed by atoms with Crippen molar-refractivity contribution in [1.82, 2.24) is 0 Å². The van der Waals surface area contributed by atoms with E-state index in [4.69, 9.17) is 18.9 Å². The summed E-state index contributed by atoms with van der Waals surface area (Å²) in [5, 5.41) is 0. The molecule has 0 N–H and O–H groups in total. The van der Waals surface area contributed by atoms with Crippen molar-refractivity contribution in [3.8, 4) is 23.0 Å². The van der Waals surface area contributed by atoms with Crippen LogP contribution in [-0.2, 0) is 14.4 Å². The number of carbonyl (C=O) groups excluding carboxylic acids is 3. The van der Waals surface area contributed by atoms with Crippen molar-refractivity contribution in [1.29, 1.82) is 0 Å². The van der Waals surface area contributed by atoms with Crippen molar-refractivity contribution in [2.45, 2.75) is 26.7 Å². The lowest BCUT2D eigenvalue weighted by atomic mass is 10.1. The van der Waals surface area contributed by atoms with Crippen LogP contribution in [0, 0.1) is 0 Å². The van der Waals surface area contributed by atoms with Crippen LogP contribution in [0.1, 0.15) is 37.8 Å². The highest BCUT2D eigenvalue weighted by atomic mass is 16.6. The smallest absolute Gasteiger partial charge is 0.308 e. The number of methoxy groups -OCH3 is 2. The number of esters is 2. The van der Waals surface area contributed by atoms with Gasteiger partial charge in [0.1, 0.15) is 0 Å². The maximum Gasteiger partial charge on any atom is 0.308 e. The van der Waals surface area contributed by atoms with E-state index >= 15 is 0 Å². The number of benzene rings is 2. The summed E-state index contributed by atoms with van der Waals surface area (Å²) in [6.45, 7) is 2.64. The molecule has 32 heavy (non-hydrogen) atoms. The summed E-state index contributed by atoms with van der Waals surface area (Å²) in [7, 11) is 2.98. The van der Waals surface area contributed by atoms with Gasteiger partial charge in [-0.2, -0.15) is 0 Å². The summed E-state index contributed by atoms with van der Waals surface area (Å²) < 4.78 is 20.8. The van der Waals surface area contributed by atoms with Crippen LogP contribution in [-0.4, -0.2) is 31.9 Å². The SMILES string of the molecule is COc1cc(C=C2CCC(=Cc3ccc(OC(C)=O)c(OC)c3)C2=O)ccc1OC(C)=O. The second-order valence-electron chi connectivity index (χ2n) is 7.18. The molecule has 1 fully saturated rings. The summed E-state index contributed by atoms with van der Waals surface area (Å²) in [5.41, 5.74) is 2.91. The molecule has 0 unspecified atom stereocenters. The van der Waals surface area contributed by atoms with Gasteiger partial charge in [0.25, 0.3) is 0 Å². The molecule has 2 aromatic rings. The average Bonchev–Trinajstić information content (AvgIpc) is 3.08. The van der Waals surface area contributed by atoms with Crippen LogP contribution in [0.4, 0.5) is 0 Å². The summed E-state index contributed by atoms with van der Waals surface area (Å²) in [5.74, 6) is 0.570. The zero-order chi connectivity index (χ0) is 23.3. The van der Waals surface area contributed by atoms with Crippen LogP contribution >= 0.6 is 0 Å². The third-order valence-corrected chi connectivity index (χ3v) is 4.81. The van der Waals surface area contributed by atoms with Crippen molar-refractivity contribution >= 4 is 29.9 Å². The normalized spacial score (nSPS) is 15.7. The van der Waals surface area contributed by atoms with E-state index in [9.17, 15) is 14.4 Å². The third kappa shape index (κ3) is 5.43. The molecule has 0 aromatic heterocycles. The van der Waals surface area contributed by atoms with Gasteiger partial charge in [-0.1, -0.05) is 12.1 Å². The molecule has 1 saturated carbocycles. The molecule has 0 spiro atoms. The fourth-order valence-corrected chi connectivity index (χ4v) is 3.41. The lowest BCUT2D eigenvalue weighted by Crippen LogP contribution is -2.03. The van der Waals surface area contributed by atoms with E-state index in [2.05, 4.69) is 0 Å². The Bertz CT molecular complexity index is 1040. The van der Waals surface area contributed by atoms with Crippen LogP contribution in [0.5, 0.6) is 23.0 Å². The third-order valence-electron chi connectivity index (χ3n) is 4.81. The Morgan fingerprint density at radius 2 is 1.12 bits per heavy atom. The molecule has 0 radical (unpaired) electrons. The molecular formula is C25H24O7. The van der Waals surface area contributed by atoms with Crippen LogP contribution in [0.15, 0.2) is 47.5 Å². The van der Waals surface area contributed by atoms with Gasteiger partial charge in [-0.15, -0.1) is 0 Å². The lowest BCUT2D eigenvalue weighted by Gasteiger charge is -2.09. The Labute approximate surface area is 186 Å². The van der Waals surface area contributed by atoms with Gasteiger partial charge in [0, 0.05) is 25.0 Å². The molecule has 2 aromatic carbocycles. The Balaban J connectivity index is 1.82. The summed E-state index contributed by atoms with van der Waals surface area (Å²) >= 11 is 0.